The van der Waals surface area contributed by atoms with Crippen molar-refractivity contribution in [2.45, 2.75) is 39.1 Å². The van der Waals surface area contributed by atoms with Gasteiger partial charge in [-0.2, -0.15) is 0 Å². The smallest absolute Gasteiger partial charge is 0.289 e. The number of hydrogen-bond donors (Lipinski definition) is 1. The van der Waals surface area contributed by atoms with Gasteiger partial charge in [0.25, 0.3) is 5.69 Å². The summed E-state index contributed by atoms with van der Waals surface area (Å²) in [4.78, 5) is 22.7. The van der Waals surface area contributed by atoms with Gasteiger partial charge in [-0.1, -0.05) is 41.1 Å². The lowest BCUT2D eigenvalue weighted by atomic mass is 10.1. The van der Waals surface area contributed by atoms with Gasteiger partial charge in [-0.05, 0) is 44.5 Å². The third kappa shape index (κ3) is 5.77. The fourth-order valence-corrected chi connectivity index (χ4v) is 4.02. The monoisotopic (exact) mass is 475 g/mol. The number of thioether (sulfide) groups is 1. The number of rotatable bonds is 9. The zero-order valence-corrected chi connectivity index (χ0v) is 19.4. The largest absolute Gasteiger partial charge is 0.485 e. The van der Waals surface area contributed by atoms with Crippen LogP contribution in [-0.2, 0) is 17.9 Å². The van der Waals surface area contributed by atoms with E-state index in [-0.39, 0.29) is 29.0 Å². The maximum Gasteiger partial charge on any atom is 0.289 e. The number of amides is 1. The summed E-state index contributed by atoms with van der Waals surface area (Å²) in [6, 6.07) is 10.1. The number of nitro benzene ring substituents is 1. The Labute approximate surface area is 194 Å². The van der Waals surface area contributed by atoms with Crippen molar-refractivity contribution in [1.82, 2.24) is 14.8 Å². The van der Waals surface area contributed by atoms with E-state index in [9.17, 15) is 14.9 Å². The number of carbonyl (C=O) groups is 1. The summed E-state index contributed by atoms with van der Waals surface area (Å²) in [7, 11) is 0. The van der Waals surface area contributed by atoms with Gasteiger partial charge in [-0.25, -0.2) is 0 Å². The summed E-state index contributed by atoms with van der Waals surface area (Å²) >= 11 is 7.02. The molecule has 0 saturated carbocycles. The quantitative estimate of drug-likeness (QED) is 0.269. The Kier molecular flexibility index (Phi) is 7.70. The van der Waals surface area contributed by atoms with Gasteiger partial charge in [0.05, 0.1) is 10.7 Å². The first-order valence-electron chi connectivity index (χ1n) is 9.77. The number of hydrogen-bond acceptors (Lipinski definition) is 7. The van der Waals surface area contributed by atoms with Crippen LogP contribution in [0.25, 0.3) is 0 Å². The predicted octanol–water partition coefficient (Wildman–Crippen LogP) is 4.79. The van der Waals surface area contributed by atoms with E-state index in [0.717, 1.165) is 16.9 Å². The molecule has 0 aliphatic rings. The number of nitro groups is 1. The van der Waals surface area contributed by atoms with Crippen molar-refractivity contribution in [3.05, 3.63) is 68.5 Å². The molecule has 0 radical (unpaired) electrons. The van der Waals surface area contributed by atoms with Crippen LogP contribution < -0.4 is 10.1 Å². The molecule has 168 valence electrons. The van der Waals surface area contributed by atoms with E-state index in [1.807, 2.05) is 37.5 Å². The molecule has 0 aliphatic heterocycles. The van der Waals surface area contributed by atoms with Gasteiger partial charge in [0.15, 0.2) is 11.0 Å². The zero-order chi connectivity index (χ0) is 23.3. The molecule has 3 aromatic rings. The molecule has 0 aliphatic carbocycles. The highest BCUT2D eigenvalue weighted by Gasteiger charge is 2.16. The molecule has 0 unspecified atom stereocenters. The SMILES string of the molecule is CCn1c(COc2ccc(C)cc2C)nnc1SCC(=O)Nc1ccc(Cl)c([N+](=O)[O-])c1. The van der Waals surface area contributed by atoms with E-state index < -0.39 is 4.92 Å². The topological polar surface area (TPSA) is 112 Å². The third-order valence-corrected chi connectivity index (χ3v) is 5.84. The second-order valence-electron chi connectivity index (χ2n) is 6.96. The summed E-state index contributed by atoms with van der Waals surface area (Å²) in [5.41, 5.74) is 2.24. The molecule has 11 heteroatoms. The second-order valence-corrected chi connectivity index (χ2v) is 8.31. The van der Waals surface area contributed by atoms with Crippen LogP contribution in [0.4, 0.5) is 11.4 Å². The molecule has 0 saturated heterocycles. The Hall–Kier alpha value is -3.11. The number of ether oxygens (including phenoxy) is 1. The van der Waals surface area contributed by atoms with Gasteiger partial charge in [-0.3, -0.25) is 14.9 Å². The molecular weight excluding hydrogens is 454 g/mol. The number of aryl methyl sites for hydroxylation is 2. The van der Waals surface area contributed by atoms with Crippen molar-refractivity contribution < 1.29 is 14.5 Å². The molecule has 1 N–H and O–H groups in total. The number of aromatic nitrogens is 3. The second kappa shape index (κ2) is 10.5. The number of nitrogens with one attached hydrogen (secondary N) is 1. The van der Waals surface area contributed by atoms with Gasteiger partial charge < -0.3 is 14.6 Å². The first kappa shape index (κ1) is 23.6. The van der Waals surface area contributed by atoms with Gasteiger partial charge >= 0.3 is 0 Å². The molecule has 3 rings (SSSR count). The van der Waals surface area contributed by atoms with E-state index in [1.54, 1.807) is 0 Å². The summed E-state index contributed by atoms with van der Waals surface area (Å²) in [5.74, 6) is 1.17. The van der Waals surface area contributed by atoms with Gasteiger partial charge in [0.2, 0.25) is 5.91 Å². The normalized spacial score (nSPS) is 10.8. The molecule has 1 aromatic heterocycles. The Morgan fingerprint density at radius 2 is 2.03 bits per heavy atom. The van der Waals surface area contributed by atoms with Crippen LogP contribution in [0.3, 0.4) is 0 Å². The molecule has 2 aromatic carbocycles. The first-order valence-corrected chi connectivity index (χ1v) is 11.1. The van der Waals surface area contributed by atoms with Crippen molar-refractivity contribution in [1.29, 1.82) is 0 Å². The van der Waals surface area contributed by atoms with Gasteiger partial charge in [0, 0.05) is 18.3 Å². The van der Waals surface area contributed by atoms with E-state index in [0.29, 0.717) is 23.2 Å². The molecule has 0 spiro atoms. The number of nitrogens with zero attached hydrogens (tertiary/aromatic N) is 4. The Balaban J connectivity index is 1.60. The van der Waals surface area contributed by atoms with Crippen molar-refractivity contribution in [2.24, 2.45) is 0 Å². The van der Waals surface area contributed by atoms with Crippen LogP contribution in [0, 0.1) is 24.0 Å². The molecule has 0 bridgehead atoms. The standard InChI is InChI=1S/C21H22ClN5O4S/c1-4-26-19(11-31-18-8-5-13(2)9-14(18)3)24-25-21(26)32-12-20(28)23-15-6-7-16(22)17(10-15)27(29)30/h5-10H,4,11-12H2,1-3H3,(H,23,28). The fourth-order valence-electron chi connectivity index (χ4n) is 3.01. The Morgan fingerprint density at radius 1 is 1.25 bits per heavy atom. The van der Waals surface area contributed by atoms with Gasteiger partial charge in [0.1, 0.15) is 17.4 Å². The average Bonchev–Trinajstić information content (AvgIpc) is 3.14. The summed E-state index contributed by atoms with van der Waals surface area (Å²) < 4.78 is 7.78. The van der Waals surface area contributed by atoms with Crippen LogP contribution >= 0.6 is 23.4 Å². The lowest BCUT2D eigenvalue weighted by Crippen LogP contribution is -2.15. The van der Waals surface area contributed by atoms with Crippen LogP contribution in [-0.4, -0.2) is 31.3 Å². The fraction of sp³-hybridized carbons (Fsp3) is 0.286. The molecule has 32 heavy (non-hydrogen) atoms. The van der Waals surface area contributed by atoms with Crippen molar-refractivity contribution in [3.8, 4) is 5.75 Å². The van der Waals surface area contributed by atoms with Crippen molar-refractivity contribution >= 4 is 40.6 Å². The minimum atomic E-state index is -0.599. The summed E-state index contributed by atoms with van der Waals surface area (Å²) in [6.07, 6.45) is 0. The van der Waals surface area contributed by atoms with E-state index in [2.05, 4.69) is 21.6 Å². The number of carbonyl (C=O) groups excluding carboxylic acids is 1. The molecule has 1 heterocycles. The summed E-state index contributed by atoms with van der Waals surface area (Å²) in [6.45, 7) is 6.85. The first-order chi connectivity index (χ1) is 15.3. The molecule has 1 amide bonds. The third-order valence-electron chi connectivity index (χ3n) is 4.56. The molecule has 0 fully saturated rings. The molecule has 0 atom stereocenters. The Morgan fingerprint density at radius 3 is 2.72 bits per heavy atom. The summed E-state index contributed by atoms with van der Waals surface area (Å²) in [5, 5.41) is 22.6. The number of benzene rings is 2. The van der Waals surface area contributed by atoms with E-state index >= 15 is 0 Å². The highest BCUT2D eigenvalue weighted by atomic mass is 35.5. The highest BCUT2D eigenvalue weighted by Crippen LogP contribution is 2.28. The maximum absolute atomic E-state index is 12.3. The lowest BCUT2D eigenvalue weighted by molar-refractivity contribution is -0.384. The van der Waals surface area contributed by atoms with Crippen LogP contribution in [0.5, 0.6) is 5.75 Å². The maximum atomic E-state index is 12.3. The minimum absolute atomic E-state index is 0.00833. The lowest BCUT2D eigenvalue weighted by Gasteiger charge is -2.11. The van der Waals surface area contributed by atoms with Crippen LogP contribution in [0.1, 0.15) is 23.9 Å². The highest BCUT2D eigenvalue weighted by molar-refractivity contribution is 7.99. The number of anilines is 1. The van der Waals surface area contributed by atoms with E-state index in [1.165, 1.54) is 30.0 Å². The Bertz CT molecular complexity index is 1150. The van der Waals surface area contributed by atoms with E-state index in [4.69, 9.17) is 16.3 Å². The zero-order valence-electron chi connectivity index (χ0n) is 17.8. The minimum Gasteiger partial charge on any atom is -0.485 e. The molecule has 9 nitrogen and oxygen atoms in total. The molecular formula is C21H22ClN5O4S. The van der Waals surface area contributed by atoms with Crippen LogP contribution in [0.15, 0.2) is 41.6 Å². The van der Waals surface area contributed by atoms with Crippen molar-refractivity contribution in [2.75, 3.05) is 11.1 Å². The van der Waals surface area contributed by atoms with Gasteiger partial charge in [-0.15, -0.1) is 10.2 Å². The van der Waals surface area contributed by atoms with Crippen molar-refractivity contribution in [3.63, 3.8) is 0 Å². The average molecular weight is 476 g/mol. The predicted molar refractivity (Wildman–Crippen MR) is 123 cm³/mol. The number of halogens is 1. The van der Waals surface area contributed by atoms with Crippen LogP contribution in [0.2, 0.25) is 5.02 Å².